The number of nitrogens with one attached hydrogen (secondary N) is 1. The van der Waals surface area contributed by atoms with Crippen molar-refractivity contribution in [2.45, 2.75) is 12.8 Å². The highest BCUT2D eigenvalue weighted by atomic mass is 79.9. The maximum Gasteiger partial charge on any atom is 0.259 e. The molecule has 1 aromatic heterocycles. The van der Waals surface area contributed by atoms with Crippen molar-refractivity contribution < 1.29 is 9.59 Å². The van der Waals surface area contributed by atoms with Gasteiger partial charge in [0.15, 0.2) is 0 Å². The number of halogens is 1. The molecule has 0 radical (unpaired) electrons. The number of nitrogens with zero attached hydrogens (tertiary/aromatic N) is 2. The van der Waals surface area contributed by atoms with Crippen LogP contribution in [0.15, 0.2) is 33.7 Å². The number of amides is 2. The van der Waals surface area contributed by atoms with E-state index in [-0.39, 0.29) is 28.7 Å². The van der Waals surface area contributed by atoms with E-state index in [4.69, 9.17) is 0 Å². The average molecular weight is 404 g/mol. The van der Waals surface area contributed by atoms with Crippen molar-refractivity contribution in [2.75, 3.05) is 26.2 Å². The summed E-state index contributed by atoms with van der Waals surface area (Å²) in [5.74, 6) is 0.131. The van der Waals surface area contributed by atoms with Crippen LogP contribution in [0, 0.1) is 5.92 Å². The minimum Gasteiger partial charge on any atom is -0.360 e. The molecule has 2 fully saturated rings. The van der Waals surface area contributed by atoms with E-state index in [1.807, 2.05) is 11.0 Å². The first-order valence-electron chi connectivity index (χ1n) is 8.43. The highest BCUT2D eigenvalue weighted by Crippen LogP contribution is 2.31. The maximum absolute atomic E-state index is 12.8. The predicted molar refractivity (Wildman–Crippen MR) is 97.5 cm³/mol. The topological polar surface area (TPSA) is 73.5 Å². The van der Waals surface area contributed by atoms with Gasteiger partial charge in [-0.3, -0.25) is 14.4 Å². The lowest BCUT2D eigenvalue weighted by molar-refractivity contribution is -0.134. The summed E-state index contributed by atoms with van der Waals surface area (Å²) in [5, 5.41) is 0.489. The average Bonchev–Trinajstić information content (AvgIpc) is 3.47. The van der Waals surface area contributed by atoms with E-state index in [1.165, 1.54) is 6.20 Å². The van der Waals surface area contributed by atoms with Gasteiger partial charge in [-0.1, -0.05) is 15.9 Å². The predicted octanol–water partition coefficient (Wildman–Crippen LogP) is 1.99. The third-order valence-electron chi connectivity index (χ3n) is 4.88. The second-order valence-corrected chi connectivity index (χ2v) is 7.53. The number of aromatic nitrogens is 1. The van der Waals surface area contributed by atoms with E-state index < -0.39 is 0 Å². The van der Waals surface area contributed by atoms with E-state index in [0.29, 0.717) is 37.1 Å². The van der Waals surface area contributed by atoms with Gasteiger partial charge in [0.25, 0.3) is 5.91 Å². The molecule has 2 aromatic rings. The normalized spacial score (nSPS) is 17.8. The molecular weight excluding hydrogens is 386 g/mol. The molecule has 2 amide bonds. The Morgan fingerprint density at radius 3 is 2.44 bits per heavy atom. The van der Waals surface area contributed by atoms with Gasteiger partial charge in [0.1, 0.15) is 5.56 Å². The van der Waals surface area contributed by atoms with E-state index in [0.717, 1.165) is 17.3 Å². The molecule has 1 aliphatic heterocycles. The molecule has 6 nitrogen and oxygen atoms in total. The molecule has 0 spiro atoms. The number of benzene rings is 1. The Hall–Kier alpha value is -2.15. The fraction of sp³-hybridized carbons (Fsp3) is 0.389. The molecule has 1 saturated carbocycles. The molecule has 4 rings (SSSR count). The molecule has 25 heavy (non-hydrogen) atoms. The van der Waals surface area contributed by atoms with E-state index >= 15 is 0 Å². The summed E-state index contributed by atoms with van der Waals surface area (Å²) in [4.78, 5) is 44.1. The molecule has 2 heterocycles. The van der Waals surface area contributed by atoms with Crippen LogP contribution in [-0.2, 0) is 4.79 Å². The van der Waals surface area contributed by atoms with Crippen LogP contribution in [0.2, 0.25) is 0 Å². The SMILES string of the molecule is O=C(c1c[nH]c2ccc(Br)cc2c1=O)N1CCN(C(=O)C2CC2)CC1. The van der Waals surface area contributed by atoms with Crippen molar-refractivity contribution in [3.05, 3.63) is 44.7 Å². The van der Waals surface area contributed by atoms with Gasteiger partial charge in [-0.05, 0) is 31.0 Å². The lowest BCUT2D eigenvalue weighted by Gasteiger charge is -2.34. The zero-order chi connectivity index (χ0) is 17.6. The lowest BCUT2D eigenvalue weighted by atomic mass is 10.1. The molecule has 1 aliphatic carbocycles. The van der Waals surface area contributed by atoms with Crippen LogP contribution in [0.5, 0.6) is 0 Å². The number of fused-ring (bicyclic) bond motifs is 1. The minimum absolute atomic E-state index is 0.146. The Morgan fingerprint density at radius 2 is 1.76 bits per heavy atom. The van der Waals surface area contributed by atoms with Gasteiger partial charge >= 0.3 is 0 Å². The quantitative estimate of drug-likeness (QED) is 0.832. The summed E-state index contributed by atoms with van der Waals surface area (Å²) in [6, 6.07) is 5.37. The van der Waals surface area contributed by atoms with Gasteiger partial charge in [0.2, 0.25) is 11.3 Å². The number of piperazine rings is 1. The number of hydrogen-bond acceptors (Lipinski definition) is 3. The van der Waals surface area contributed by atoms with Crippen molar-refractivity contribution in [1.29, 1.82) is 0 Å². The molecule has 1 N–H and O–H groups in total. The Labute approximate surface area is 152 Å². The van der Waals surface area contributed by atoms with Crippen molar-refractivity contribution in [3.63, 3.8) is 0 Å². The van der Waals surface area contributed by atoms with Crippen molar-refractivity contribution in [3.8, 4) is 0 Å². The van der Waals surface area contributed by atoms with Crippen LogP contribution in [0.4, 0.5) is 0 Å². The number of rotatable bonds is 2. The Kier molecular flexibility index (Phi) is 4.11. The molecule has 130 valence electrons. The molecule has 2 aliphatic rings. The fourth-order valence-electron chi connectivity index (χ4n) is 3.24. The van der Waals surface area contributed by atoms with Crippen LogP contribution in [0.3, 0.4) is 0 Å². The number of hydrogen-bond donors (Lipinski definition) is 1. The Morgan fingerprint density at radius 1 is 1.08 bits per heavy atom. The summed E-state index contributed by atoms with van der Waals surface area (Å²) in [5.41, 5.74) is 0.578. The number of aromatic amines is 1. The van der Waals surface area contributed by atoms with Crippen LogP contribution in [0.1, 0.15) is 23.2 Å². The van der Waals surface area contributed by atoms with Gasteiger partial charge in [0.05, 0.1) is 0 Å². The molecular formula is C18H18BrN3O3. The van der Waals surface area contributed by atoms with Crippen LogP contribution < -0.4 is 5.43 Å². The first-order chi connectivity index (χ1) is 12.0. The van der Waals surface area contributed by atoms with Gasteiger partial charge in [0, 0.05) is 53.7 Å². The third-order valence-corrected chi connectivity index (χ3v) is 5.37. The standard InChI is InChI=1S/C18H18BrN3O3/c19-12-3-4-15-13(9-12)16(23)14(10-20-15)18(25)22-7-5-21(6-8-22)17(24)11-1-2-11/h3-4,9-11H,1-2,5-8H2,(H,20,23). The zero-order valence-corrected chi connectivity index (χ0v) is 15.2. The smallest absolute Gasteiger partial charge is 0.259 e. The second kappa shape index (κ2) is 6.29. The molecule has 0 atom stereocenters. The molecule has 0 bridgehead atoms. The zero-order valence-electron chi connectivity index (χ0n) is 13.6. The third kappa shape index (κ3) is 3.08. The number of carbonyl (C=O) groups excluding carboxylic acids is 2. The van der Waals surface area contributed by atoms with Gasteiger partial charge in [-0.2, -0.15) is 0 Å². The molecule has 1 aromatic carbocycles. The summed E-state index contributed by atoms with van der Waals surface area (Å²) < 4.78 is 0.794. The van der Waals surface area contributed by atoms with Crippen molar-refractivity contribution >= 4 is 38.6 Å². The summed E-state index contributed by atoms with van der Waals surface area (Å²) in [6.07, 6.45) is 3.46. The molecule has 7 heteroatoms. The molecule has 1 saturated heterocycles. The maximum atomic E-state index is 12.8. The first-order valence-corrected chi connectivity index (χ1v) is 9.23. The first kappa shape index (κ1) is 16.3. The van der Waals surface area contributed by atoms with Crippen molar-refractivity contribution in [1.82, 2.24) is 14.8 Å². The van der Waals surface area contributed by atoms with Gasteiger partial charge in [-0.15, -0.1) is 0 Å². The Bertz CT molecular complexity index is 911. The largest absolute Gasteiger partial charge is 0.360 e. The summed E-state index contributed by atoms with van der Waals surface area (Å²) >= 11 is 3.36. The fourth-order valence-corrected chi connectivity index (χ4v) is 3.60. The Balaban J connectivity index is 1.53. The lowest BCUT2D eigenvalue weighted by Crippen LogP contribution is -2.51. The molecule has 0 unspecified atom stereocenters. The highest BCUT2D eigenvalue weighted by molar-refractivity contribution is 9.10. The highest BCUT2D eigenvalue weighted by Gasteiger charge is 2.35. The van der Waals surface area contributed by atoms with Crippen LogP contribution in [-0.4, -0.2) is 52.8 Å². The van der Waals surface area contributed by atoms with Gasteiger partial charge in [-0.25, -0.2) is 0 Å². The number of H-pyrrole nitrogens is 1. The monoisotopic (exact) mass is 403 g/mol. The van der Waals surface area contributed by atoms with E-state index in [1.54, 1.807) is 17.0 Å². The second-order valence-electron chi connectivity index (χ2n) is 6.61. The van der Waals surface area contributed by atoms with Gasteiger partial charge < -0.3 is 14.8 Å². The van der Waals surface area contributed by atoms with Crippen LogP contribution >= 0.6 is 15.9 Å². The van der Waals surface area contributed by atoms with E-state index in [9.17, 15) is 14.4 Å². The summed E-state index contributed by atoms with van der Waals surface area (Å²) in [7, 11) is 0. The van der Waals surface area contributed by atoms with E-state index in [2.05, 4.69) is 20.9 Å². The van der Waals surface area contributed by atoms with Crippen molar-refractivity contribution in [2.24, 2.45) is 5.92 Å². The minimum atomic E-state index is -0.276. The van der Waals surface area contributed by atoms with Crippen LogP contribution in [0.25, 0.3) is 10.9 Å². The number of carbonyl (C=O) groups is 2. The summed E-state index contributed by atoms with van der Waals surface area (Å²) in [6.45, 7) is 2.01. The number of pyridine rings is 1.